The second-order valence-corrected chi connectivity index (χ2v) is 7.92. The number of carbonyl (C=O) groups excluding carboxylic acids is 1. The zero-order valence-corrected chi connectivity index (χ0v) is 17.2. The largest absolute Gasteiger partial charge is 0.316 e. The van der Waals surface area contributed by atoms with Crippen molar-refractivity contribution >= 4 is 11.7 Å². The Morgan fingerprint density at radius 3 is 2.57 bits per heavy atom. The average molecular weight is 401 g/mol. The topological polar surface area (TPSA) is 88.8 Å². The summed E-state index contributed by atoms with van der Waals surface area (Å²) in [6, 6.07) is 7.34. The van der Waals surface area contributed by atoms with Gasteiger partial charge in [-0.25, -0.2) is 9.97 Å². The van der Waals surface area contributed by atoms with Gasteiger partial charge in [-0.05, 0) is 44.0 Å². The highest BCUT2D eigenvalue weighted by Crippen LogP contribution is 2.33. The standard InChI is InChI=1S/C22H23N7O/c1-13-5-4-6-18(29-24-7-8-25-29)19(13)21(30)20-17-12-28(11-16(17)10-23-20)22-26-14(2)9-15(3)27-22/h4-9,12,16,20,23H,10-11H2,1-3H3. The first-order chi connectivity index (χ1) is 14.5. The van der Waals surface area contributed by atoms with E-state index in [0.29, 0.717) is 17.2 Å². The average Bonchev–Trinajstić information content (AvgIpc) is 3.43. The number of aromatic nitrogens is 5. The molecule has 5 rings (SSSR count). The predicted molar refractivity (Wildman–Crippen MR) is 113 cm³/mol. The summed E-state index contributed by atoms with van der Waals surface area (Å²) in [4.78, 5) is 26.4. The number of anilines is 1. The lowest BCUT2D eigenvalue weighted by Gasteiger charge is -2.17. The van der Waals surface area contributed by atoms with Crippen LogP contribution in [-0.2, 0) is 0 Å². The number of rotatable bonds is 4. The number of nitrogens with one attached hydrogen (secondary N) is 1. The number of hydrogen-bond donors (Lipinski definition) is 1. The SMILES string of the molecule is Cc1cc(C)nc(N2C=C3C(CNC3C(=O)c3c(C)cccc3-n3nccn3)C2)n1. The molecule has 30 heavy (non-hydrogen) atoms. The maximum atomic E-state index is 13.7. The van der Waals surface area contributed by atoms with Gasteiger partial charge in [-0.1, -0.05) is 12.1 Å². The normalized spacial score (nSPS) is 20.4. The van der Waals surface area contributed by atoms with Crippen LogP contribution in [-0.4, -0.2) is 49.9 Å². The van der Waals surface area contributed by atoms with Crippen LogP contribution in [0.3, 0.4) is 0 Å². The maximum absolute atomic E-state index is 13.7. The number of carbonyl (C=O) groups is 1. The van der Waals surface area contributed by atoms with Gasteiger partial charge in [0.25, 0.3) is 0 Å². The van der Waals surface area contributed by atoms with Gasteiger partial charge in [-0.2, -0.15) is 15.0 Å². The molecule has 152 valence electrons. The summed E-state index contributed by atoms with van der Waals surface area (Å²) in [5, 5.41) is 11.9. The van der Waals surface area contributed by atoms with Crippen LogP contribution in [0, 0.1) is 26.7 Å². The molecule has 4 heterocycles. The lowest BCUT2D eigenvalue weighted by molar-refractivity contribution is 0.0965. The van der Waals surface area contributed by atoms with Gasteiger partial charge in [0.05, 0.1) is 29.7 Å². The van der Waals surface area contributed by atoms with Crippen molar-refractivity contribution in [2.45, 2.75) is 26.8 Å². The summed E-state index contributed by atoms with van der Waals surface area (Å²) in [7, 11) is 0. The lowest BCUT2D eigenvalue weighted by Crippen LogP contribution is -2.34. The van der Waals surface area contributed by atoms with Gasteiger partial charge in [0.2, 0.25) is 5.95 Å². The molecule has 0 amide bonds. The fourth-order valence-electron chi connectivity index (χ4n) is 4.39. The van der Waals surface area contributed by atoms with Crippen molar-refractivity contribution in [3.8, 4) is 5.69 Å². The van der Waals surface area contributed by atoms with E-state index in [9.17, 15) is 4.79 Å². The molecule has 8 nitrogen and oxygen atoms in total. The maximum Gasteiger partial charge on any atom is 0.229 e. The van der Waals surface area contributed by atoms with Crippen molar-refractivity contribution in [3.63, 3.8) is 0 Å². The summed E-state index contributed by atoms with van der Waals surface area (Å²) >= 11 is 0. The van der Waals surface area contributed by atoms with E-state index in [2.05, 4.69) is 30.4 Å². The molecule has 1 aromatic carbocycles. The van der Waals surface area contributed by atoms with E-state index in [-0.39, 0.29) is 17.7 Å². The highest BCUT2D eigenvalue weighted by atomic mass is 16.1. The van der Waals surface area contributed by atoms with Crippen molar-refractivity contribution in [3.05, 3.63) is 70.9 Å². The zero-order valence-electron chi connectivity index (χ0n) is 17.2. The fraction of sp³-hybridized carbons (Fsp3) is 0.318. The van der Waals surface area contributed by atoms with Crippen LogP contribution in [0.15, 0.2) is 48.4 Å². The highest BCUT2D eigenvalue weighted by molar-refractivity contribution is 6.06. The molecule has 2 atom stereocenters. The number of aryl methyl sites for hydroxylation is 3. The third-order valence-electron chi connectivity index (χ3n) is 5.72. The molecule has 1 N–H and O–H groups in total. The Labute approximate surface area is 174 Å². The van der Waals surface area contributed by atoms with Crippen molar-refractivity contribution < 1.29 is 4.79 Å². The Balaban J connectivity index is 1.50. The van der Waals surface area contributed by atoms with Crippen LogP contribution in [0.1, 0.15) is 27.3 Å². The van der Waals surface area contributed by atoms with E-state index in [1.807, 2.05) is 51.2 Å². The van der Waals surface area contributed by atoms with Crippen LogP contribution in [0.5, 0.6) is 0 Å². The molecule has 2 aliphatic heterocycles. The third kappa shape index (κ3) is 3.09. The molecule has 2 aromatic heterocycles. The number of Topliss-reactive ketones (excluding diaryl/α,β-unsaturated/α-hetero) is 1. The summed E-state index contributed by atoms with van der Waals surface area (Å²) in [5.41, 5.74) is 5.22. The van der Waals surface area contributed by atoms with Crippen molar-refractivity contribution in [2.24, 2.45) is 5.92 Å². The molecule has 3 aromatic rings. The number of nitrogens with zero attached hydrogens (tertiary/aromatic N) is 6. The first-order valence-corrected chi connectivity index (χ1v) is 10.1. The second-order valence-electron chi connectivity index (χ2n) is 7.92. The smallest absolute Gasteiger partial charge is 0.229 e. The second kappa shape index (κ2) is 7.14. The molecule has 0 aliphatic carbocycles. The van der Waals surface area contributed by atoms with Gasteiger partial charge in [-0.15, -0.1) is 0 Å². The van der Waals surface area contributed by atoms with E-state index in [4.69, 9.17) is 0 Å². The van der Waals surface area contributed by atoms with Crippen molar-refractivity contribution in [2.75, 3.05) is 18.0 Å². The molecule has 0 spiro atoms. The van der Waals surface area contributed by atoms with Crippen LogP contribution >= 0.6 is 0 Å². The molecule has 2 unspecified atom stereocenters. The molecule has 0 radical (unpaired) electrons. The third-order valence-corrected chi connectivity index (χ3v) is 5.72. The van der Waals surface area contributed by atoms with Crippen LogP contribution in [0.2, 0.25) is 0 Å². The minimum Gasteiger partial charge on any atom is -0.316 e. The summed E-state index contributed by atoms with van der Waals surface area (Å²) in [6.45, 7) is 7.42. The number of fused-ring (bicyclic) bond motifs is 1. The Morgan fingerprint density at radius 1 is 1.10 bits per heavy atom. The van der Waals surface area contributed by atoms with Gasteiger partial charge in [0, 0.05) is 36.6 Å². The number of benzene rings is 1. The van der Waals surface area contributed by atoms with Gasteiger partial charge in [0.15, 0.2) is 5.78 Å². The van der Waals surface area contributed by atoms with Crippen molar-refractivity contribution in [1.29, 1.82) is 0 Å². The van der Waals surface area contributed by atoms with E-state index in [1.54, 1.807) is 12.4 Å². The molecular formula is C22H23N7O. The number of hydrogen-bond acceptors (Lipinski definition) is 7. The number of ketones is 1. The van der Waals surface area contributed by atoms with E-state index in [1.165, 1.54) is 4.80 Å². The van der Waals surface area contributed by atoms with Crippen LogP contribution in [0.4, 0.5) is 5.95 Å². The Bertz CT molecular complexity index is 1130. The molecule has 2 aliphatic rings. The first kappa shape index (κ1) is 18.6. The fourth-order valence-corrected chi connectivity index (χ4v) is 4.39. The van der Waals surface area contributed by atoms with Gasteiger partial charge in [-0.3, -0.25) is 4.79 Å². The quantitative estimate of drug-likeness (QED) is 0.670. The van der Waals surface area contributed by atoms with Gasteiger partial charge in [0.1, 0.15) is 0 Å². The van der Waals surface area contributed by atoms with Crippen LogP contribution < -0.4 is 10.2 Å². The molecule has 1 fully saturated rings. The Morgan fingerprint density at radius 2 is 1.83 bits per heavy atom. The van der Waals surface area contributed by atoms with E-state index < -0.39 is 0 Å². The van der Waals surface area contributed by atoms with E-state index in [0.717, 1.165) is 35.6 Å². The predicted octanol–water partition coefficient (Wildman–Crippen LogP) is 2.16. The van der Waals surface area contributed by atoms with Crippen LogP contribution in [0.25, 0.3) is 5.69 Å². The van der Waals surface area contributed by atoms with Crippen molar-refractivity contribution in [1.82, 2.24) is 30.3 Å². The Kier molecular flexibility index (Phi) is 4.43. The molecule has 0 saturated carbocycles. The Hall–Kier alpha value is -3.39. The molecular weight excluding hydrogens is 378 g/mol. The minimum absolute atomic E-state index is 0.0392. The summed E-state index contributed by atoms with van der Waals surface area (Å²) in [5.74, 6) is 0.994. The highest BCUT2D eigenvalue weighted by Gasteiger charge is 2.41. The monoisotopic (exact) mass is 401 g/mol. The van der Waals surface area contributed by atoms with Gasteiger partial charge >= 0.3 is 0 Å². The van der Waals surface area contributed by atoms with Gasteiger partial charge < -0.3 is 10.2 Å². The van der Waals surface area contributed by atoms with E-state index >= 15 is 0 Å². The first-order valence-electron chi connectivity index (χ1n) is 10.1. The molecule has 0 bridgehead atoms. The lowest BCUT2D eigenvalue weighted by atomic mass is 9.92. The summed E-state index contributed by atoms with van der Waals surface area (Å²) < 4.78 is 0. The summed E-state index contributed by atoms with van der Waals surface area (Å²) in [6.07, 6.45) is 5.27. The molecule has 8 heteroatoms. The molecule has 1 saturated heterocycles. The zero-order chi connectivity index (χ0) is 20.8. The minimum atomic E-state index is -0.374.